The number of hydrogen-bond donors (Lipinski definition) is 2. The first kappa shape index (κ1) is 33.7. The molecule has 6 rings (SSSR count). The largest absolute Gasteiger partial charge is 0.455 e. The van der Waals surface area contributed by atoms with Crippen LogP contribution in [-0.4, -0.2) is 21.7 Å². The highest BCUT2D eigenvalue weighted by molar-refractivity contribution is 6.02. The van der Waals surface area contributed by atoms with Gasteiger partial charge in [0.2, 0.25) is 0 Å². The smallest absolute Gasteiger partial charge is 0.340 e. The molecule has 0 aliphatic heterocycles. The maximum atomic E-state index is 13.1. The molecular formula is C36H26N4O11. The molecule has 0 bridgehead atoms. The van der Waals surface area contributed by atoms with Gasteiger partial charge in [-0.05, 0) is 48.2 Å². The molecule has 0 atom stereocenters. The van der Waals surface area contributed by atoms with Crippen molar-refractivity contribution in [3.63, 3.8) is 0 Å². The van der Waals surface area contributed by atoms with Crippen LogP contribution in [0.3, 0.4) is 0 Å². The first-order chi connectivity index (χ1) is 24.2. The van der Waals surface area contributed by atoms with Crippen LogP contribution < -0.4 is 27.5 Å². The van der Waals surface area contributed by atoms with Crippen LogP contribution in [0.4, 0.5) is 11.4 Å². The van der Waals surface area contributed by atoms with Gasteiger partial charge in [-0.25, -0.2) is 9.59 Å². The van der Waals surface area contributed by atoms with E-state index in [9.17, 15) is 39.4 Å². The standard InChI is InChI=1S/C36H26N4O11/c1-17-23-13-27(33(37)41)31(15-29(23)50-35(43)25(17)11-19-5-3-7-21(9-19)39(45)46)49-32-16-30-24(14-28(32)34(38)42)18(2)26(36(44)51-30)12-20-6-4-8-22(10-20)40(47)48/h3-10,13-16H,11-12H2,1-2H3,(H2,37,41)(H2,38,42). The third kappa shape index (κ3) is 6.50. The van der Waals surface area contributed by atoms with Gasteiger partial charge in [-0.1, -0.05) is 24.3 Å². The topological polar surface area (TPSA) is 242 Å². The van der Waals surface area contributed by atoms with E-state index in [0.29, 0.717) is 33.0 Å². The Hall–Kier alpha value is -7.16. The lowest BCUT2D eigenvalue weighted by atomic mass is 9.97. The molecule has 4 aromatic carbocycles. The summed E-state index contributed by atoms with van der Waals surface area (Å²) in [6.45, 7) is 3.26. The molecule has 0 saturated heterocycles. The summed E-state index contributed by atoms with van der Waals surface area (Å²) in [6, 6.07) is 16.8. The summed E-state index contributed by atoms with van der Waals surface area (Å²) in [5, 5.41) is 23.2. The van der Waals surface area contributed by atoms with Gasteiger partial charge in [0.05, 0.1) is 21.0 Å². The van der Waals surface area contributed by atoms with E-state index >= 15 is 0 Å². The Morgan fingerprint density at radius 2 is 1.06 bits per heavy atom. The van der Waals surface area contributed by atoms with Crippen molar-refractivity contribution in [3.8, 4) is 11.5 Å². The molecule has 0 unspecified atom stereocenters. The second-order valence-corrected chi connectivity index (χ2v) is 11.7. The van der Waals surface area contributed by atoms with Gasteiger partial charge in [0.1, 0.15) is 22.7 Å². The Morgan fingerprint density at radius 1 is 0.667 bits per heavy atom. The monoisotopic (exact) mass is 690 g/mol. The summed E-state index contributed by atoms with van der Waals surface area (Å²) in [4.78, 5) is 73.0. The van der Waals surface area contributed by atoms with Gasteiger partial charge >= 0.3 is 11.3 Å². The number of nitrogens with zero attached hydrogens (tertiary/aromatic N) is 2. The van der Waals surface area contributed by atoms with E-state index in [1.807, 2.05) is 0 Å². The number of rotatable bonds is 10. The number of primary amides is 2. The zero-order chi connectivity index (χ0) is 36.7. The van der Waals surface area contributed by atoms with Crippen molar-refractivity contribution >= 4 is 45.1 Å². The number of aryl methyl sites for hydroxylation is 2. The van der Waals surface area contributed by atoms with Gasteiger partial charge in [0, 0.05) is 71.1 Å². The number of nitro groups is 2. The third-order valence-electron chi connectivity index (χ3n) is 8.53. The van der Waals surface area contributed by atoms with E-state index in [1.165, 1.54) is 60.7 Å². The molecule has 51 heavy (non-hydrogen) atoms. The number of nitrogens with two attached hydrogens (primary N) is 2. The number of carbonyl (C=O) groups is 2. The molecule has 0 radical (unpaired) electrons. The molecule has 0 saturated carbocycles. The van der Waals surface area contributed by atoms with Gasteiger partial charge in [0.25, 0.3) is 23.2 Å². The van der Waals surface area contributed by atoms with E-state index in [4.69, 9.17) is 25.0 Å². The Labute approximate surface area is 286 Å². The number of amides is 2. The van der Waals surface area contributed by atoms with E-state index in [0.717, 1.165) is 0 Å². The number of ether oxygens (including phenoxy) is 1. The number of nitro benzene ring substituents is 2. The fourth-order valence-electron chi connectivity index (χ4n) is 5.88. The lowest BCUT2D eigenvalue weighted by Gasteiger charge is -2.16. The van der Waals surface area contributed by atoms with E-state index < -0.39 is 32.9 Å². The summed E-state index contributed by atoms with van der Waals surface area (Å²) < 4.78 is 17.2. The van der Waals surface area contributed by atoms with Crippen molar-refractivity contribution in [2.24, 2.45) is 11.5 Å². The van der Waals surface area contributed by atoms with Crippen LogP contribution in [0, 0.1) is 34.1 Å². The van der Waals surface area contributed by atoms with Crippen LogP contribution in [-0.2, 0) is 12.8 Å². The second kappa shape index (κ2) is 13.0. The van der Waals surface area contributed by atoms with Crippen LogP contribution in [0.15, 0.2) is 91.2 Å². The van der Waals surface area contributed by atoms with Crippen molar-refractivity contribution < 1.29 is 33.0 Å². The fraction of sp³-hybridized carbons (Fsp3) is 0.111. The van der Waals surface area contributed by atoms with E-state index in [-0.39, 0.29) is 69.1 Å². The molecule has 0 aliphatic carbocycles. The average Bonchev–Trinajstić information content (AvgIpc) is 3.08. The number of carbonyl (C=O) groups excluding carboxylic acids is 2. The minimum absolute atomic E-state index is 0.00655. The molecule has 0 spiro atoms. The molecule has 0 fully saturated rings. The first-order valence-electron chi connectivity index (χ1n) is 15.2. The van der Waals surface area contributed by atoms with Crippen LogP contribution in [0.25, 0.3) is 21.9 Å². The minimum Gasteiger partial charge on any atom is -0.455 e. The number of benzene rings is 4. The Bertz CT molecular complexity index is 2430. The predicted octanol–water partition coefficient (Wildman–Crippen LogP) is 5.50. The maximum Gasteiger partial charge on any atom is 0.340 e. The molecule has 2 aromatic heterocycles. The third-order valence-corrected chi connectivity index (χ3v) is 8.53. The lowest BCUT2D eigenvalue weighted by molar-refractivity contribution is -0.385. The van der Waals surface area contributed by atoms with Gasteiger partial charge in [-0.2, -0.15) is 0 Å². The van der Waals surface area contributed by atoms with Crippen molar-refractivity contribution in [2.45, 2.75) is 26.7 Å². The van der Waals surface area contributed by atoms with Gasteiger partial charge in [0.15, 0.2) is 0 Å². The molecule has 4 N–H and O–H groups in total. The second-order valence-electron chi connectivity index (χ2n) is 11.7. The maximum absolute atomic E-state index is 13.1. The summed E-state index contributed by atoms with van der Waals surface area (Å²) in [6.07, 6.45) is 0.0131. The van der Waals surface area contributed by atoms with Crippen molar-refractivity contribution in [3.05, 3.63) is 158 Å². The highest BCUT2D eigenvalue weighted by atomic mass is 16.6. The number of fused-ring (bicyclic) bond motifs is 2. The molecule has 256 valence electrons. The summed E-state index contributed by atoms with van der Waals surface area (Å²) >= 11 is 0. The van der Waals surface area contributed by atoms with Crippen molar-refractivity contribution in [1.29, 1.82) is 0 Å². The average molecular weight is 691 g/mol. The summed E-state index contributed by atoms with van der Waals surface area (Å²) in [5.74, 6) is -2.25. The Morgan fingerprint density at radius 3 is 1.41 bits per heavy atom. The SMILES string of the molecule is Cc1c(Cc2cccc([N+](=O)[O-])c2)c(=O)oc2cc(Oc3cc4oc(=O)c(Cc5cccc([N+](=O)[O-])c5)c(C)c4cc3C(N)=O)c(C(N)=O)cc12. The molecular weight excluding hydrogens is 664 g/mol. The zero-order valence-electron chi connectivity index (χ0n) is 26.9. The lowest BCUT2D eigenvalue weighted by Crippen LogP contribution is -2.16. The van der Waals surface area contributed by atoms with E-state index in [2.05, 4.69) is 0 Å². The van der Waals surface area contributed by atoms with Crippen LogP contribution in [0.1, 0.15) is 54.1 Å². The van der Waals surface area contributed by atoms with Crippen LogP contribution in [0.5, 0.6) is 11.5 Å². The zero-order valence-corrected chi connectivity index (χ0v) is 26.9. The first-order valence-corrected chi connectivity index (χ1v) is 15.2. The Balaban J connectivity index is 1.42. The molecule has 15 heteroatoms. The molecule has 6 aromatic rings. The fourth-order valence-corrected chi connectivity index (χ4v) is 5.88. The number of non-ortho nitro benzene ring substituents is 2. The predicted molar refractivity (Wildman–Crippen MR) is 183 cm³/mol. The quantitative estimate of drug-likeness (QED) is 0.103. The van der Waals surface area contributed by atoms with Crippen LogP contribution in [0.2, 0.25) is 0 Å². The molecule has 2 amide bonds. The molecule has 15 nitrogen and oxygen atoms in total. The highest BCUT2D eigenvalue weighted by Gasteiger charge is 2.23. The van der Waals surface area contributed by atoms with Gasteiger partial charge in [-0.15, -0.1) is 0 Å². The van der Waals surface area contributed by atoms with Crippen molar-refractivity contribution in [2.75, 3.05) is 0 Å². The Kier molecular flexibility index (Phi) is 8.62. The minimum atomic E-state index is -0.924. The molecule has 2 heterocycles. The van der Waals surface area contributed by atoms with Crippen molar-refractivity contribution in [1.82, 2.24) is 0 Å². The highest BCUT2D eigenvalue weighted by Crippen LogP contribution is 2.36. The van der Waals surface area contributed by atoms with Crippen LogP contribution >= 0.6 is 0 Å². The normalized spacial score (nSPS) is 11.1. The van der Waals surface area contributed by atoms with Gasteiger partial charge < -0.3 is 25.0 Å². The number of hydrogen-bond acceptors (Lipinski definition) is 11. The summed E-state index contributed by atoms with van der Waals surface area (Å²) in [5.41, 5.74) is 11.6. The summed E-state index contributed by atoms with van der Waals surface area (Å²) in [7, 11) is 0. The van der Waals surface area contributed by atoms with E-state index in [1.54, 1.807) is 26.0 Å². The molecule has 0 aliphatic rings. The van der Waals surface area contributed by atoms with Gasteiger partial charge in [-0.3, -0.25) is 29.8 Å².